The quantitative estimate of drug-likeness (QED) is 0.462. The highest BCUT2D eigenvalue weighted by Crippen LogP contribution is 2.19. The number of fused-ring (bicyclic) bond motifs is 1. The number of H-pyrrole nitrogens is 1. The summed E-state index contributed by atoms with van der Waals surface area (Å²) in [6.07, 6.45) is 4.58. The molecule has 0 aliphatic carbocycles. The lowest BCUT2D eigenvalue weighted by Gasteiger charge is -2.14. The molecule has 6 heteroatoms. The van der Waals surface area contributed by atoms with E-state index in [1.807, 2.05) is 24.3 Å². The van der Waals surface area contributed by atoms with Gasteiger partial charge in [-0.2, -0.15) is 10.1 Å². The molecule has 1 unspecified atom stereocenters. The van der Waals surface area contributed by atoms with Crippen LogP contribution in [0.3, 0.4) is 0 Å². The fourth-order valence-corrected chi connectivity index (χ4v) is 3.14. The summed E-state index contributed by atoms with van der Waals surface area (Å²) in [5, 5.41) is 16.0. The molecule has 27 heavy (non-hydrogen) atoms. The van der Waals surface area contributed by atoms with Crippen LogP contribution in [-0.2, 0) is 6.42 Å². The van der Waals surface area contributed by atoms with Gasteiger partial charge in [0.2, 0.25) is 5.95 Å². The second-order valence-corrected chi connectivity index (χ2v) is 6.48. The number of aromatic nitrogens is 4. The predicted octanol–water partition coefficient (Wildman–Crippen LogP) is 4.18. The van der Waals surface area contributed by atoms with Gasteiger partial charge in [-0.05, 0) is 30.5 Å². The van der Waals surface area contributed by atoms with E-state index in [0.29, 0.717) is 11.8 Å². The minimum absolute atomic E-state index is 0.141. The minimum atomic E-state index is 0.141. The molecule has 4 aromatic rings. The van der Waals surface area contributed by atoms with Gasteiger partial charge in [0.1, 0.15) is 0 Å². The zero-order valence-corrected chi connectivity index (χ0v) is 15.2. The minimum Gasteiger partial charge on any atom is -0.362 e. The second-order valence-electron chi connectivity index (χ2n) is 6.48. The molecule has 0 bridgehead atoms. The van der Waals surface area contributed by atoms with Crippen molar-refractivity contribution in [1.29, 1.82) is 0 Å². The van der Waals surface area contributed by atoms with Crippen molar-refractivity contribution >= 4 is 22.7 Å². The number of hydrogen-bond acceptors (Lipinski definition) is 5. The molecule has 1 atom stereocenters. The van der Waals surface area contributed by atoms with Gasteiger partial charge in [0.15, 0.2) is 5.82 Å². The van der Waals surface area contributed by atoms with Crippen LogP contribution < -0.4 is 10.6 Å². The van der Waals surface area contributed by atoms with Crippen LogP contribution in [0.1, 0.15) is 24.1 Å². The Morgan fingerprint density at radius 2 is 1.85 bits per heavy atom. The summed E-state index contributed by atoms with van der Waals surface area (Å²) in [6.45, 7) is 2.84. The molecule has 0 aliphatic rings. The van der Waals surface area contributed by atoms with Gasteiger partial charge in [0.25, 0.3) is 0 Å². The van der Waals surface area contributed by atoms with Gasteiger partial charge in [0.05, 0.1) is 6.20 Å². The molecule has 4 rings (SSSR count). The molecule has 0 spiro atoms. The van der Waals surface area contributed by atoms with Crippen molar-refractivity contribution in [2.75, 3.05) is 17.2 Å². The lowest BCUT2D eigenvalue weighted by atomic mass is 10.1. The Hall–Kier alpha value is -3.41. The van der Waals surface area contributed by atoms with E-state index in [1.165, 1.54) is 16.5 Å². The number of nitrogens with one attached hydrogen (secondary N) is 3. The van der Waals surface area contributed by atoms with E-state index in [-0.39, 0.29) is 6.04 Å². The maximum Gasteiger partial charge on any atom is 0.244 e. The topological polar surface area (TPSA) is 78.5 Å². The number of rotatable bonds is 7. The van der Waals surface area contributed by atoms with E-state index in [9.17, 15) is 0 Å². The molecule has 2 aromatic heterocycles. The Kier molecular flexibility index (Phi) is 4.96. The molecule has 2 aromatic carbocycles. The van der Waals surface area contributed by atoms with Crippen LogP contribution in [0.25, 0.3) is 10.9 Å². The Morgan fingerprint density at radius 1 is 1.04 bits per heavy atom. The van der Waals surface area contributed by atoms with Crippen LogP contribution in [-0.4, -0.2) is 26.7 Å². The molecule has 0 saturated heterocycles. The van der Waals surface area contributed by atoms with Crippen LogP contribution in [0, 0.1) is 0 Å². The van der Waals surface area contributed by atoms with Crippen LogP contribution >= 0.6 is 0 Å². The van der Waals surface area contributed by atoms with Gasteiger partial charge in [-0.3, -0.25) is 0 Å². The summed E-state index contributed by atoms with van der Waals surface area (Å²) >= 11 is 0. The first kappa shape index (κ1) is 17.0. The van der Waals surface area contributed by atoms with Gasteiger partial charge in [-0.1, -0.05) is 48.5 Å². The fourth-order valence-electron chi connectivity index (χ4n) is 3.14. The van der Waals surface area contributed by atoms with E-state index in [1.54, 1.807) is 6.20 Å². The molecular formula is C21H22N6. The van der Waals surface area contributed by atoms with E-state index >= 15 is 0 Å². The third-order valence-electron chi connectivity index (χ3n) is 4.58. The SMILES string of the molecule is CC(Nc1cnnc(NCCc2c[nH]c3ccccc23)n1)c1ccccc1. The molecule has 0 saturated carbocycles. The first-order valence-corrected chi connectivity index (χ1v) is 9.09. The number of aromatic amines is 1. The van der Waals surface area contributed by atoms with Crippen molar-refractivity contribution in [3.8, 4) is 0 Å². The zero-order valence-electron chi connectivity index (χ0n) is 15.2. The van der Waals surface area contributed by atoms with Crippen LogP contribution in [0.5, 0.6) is 0 Å². The maximum absolute atomic E-state index is 4.52. The first-order valence-electron chi connectivity index (χ1n) is 9.09. The Labute approximate surface area is 158 Å². The first-order chi connectivity index (χ1) is 13.3. The number of anilines is 2. The smallest absolute Gasteiger partial charge is 0.244 e. The van der Waals surface area contributed by atoms with E-state index in [4.69, 9.17) is 0 Å². The second kappa shape index (κ2) is 7.86. The fraction of sp³-hybridized carbons (Fsp3) is 0.190. The molecule has 0 fully saturated rings. The lowest BCUT2D eigenvalue weighted by Crippen LogP contribution is -2.12. The normalized spacial score (nSPS) is 12.0. The van der Waals surface area contributed by atoms with Crippen molar-refractivity contribution in [1.82, 2.24) is 20.2 Å². The largest absolute Gasteiger partial charge is 0.362 e. The molecular weight excluding hydrogens is 336 g/mol. The third-order valence-corrected chi connectivity index (χ3v) is 4.58. The summed E-state index contributed by atoms with van der Waals surface area (Å²) in [5.74, 6) is 1.23. The Bertz CT molecular complexity index is 1010. The standard InChI is InChI=1S/C21H22N6/c1-15(16-7-3-2-4-8-16)25-20-14-24-27-21(26-20)22-12-11-17-13-23-19-10-6-5-9-18(17)19/h2-10,13-15,23H,11-12H2,1H3,(H2,22,25,26,27). The van der Waals surface area contributed by atoms with Gasteiger partial charge < -0.3 is 15.6 Å². The van der Waals surface area contributed by atoms with Gasteiger partial charge in [-0.15, -0.1) is 5.10 Å². The summed E-state index contributed by atoms with van der Waals surface area (Å²) in [7, 11) is 0. The molecule has 2 heterocycles. The molecule has 0 radical (unpaired) electrons. The number of benzene rings is 2. The molecule has 6 nitrogen and oxygen atoms in total. The summed E-state index contributed by atoms with van der Waals surface area (Å²) < 4.78 is 0. The highest BCUT2D eigenvalue weighted by molar-refractivity contribution is 5.83. The van der Waals surface area contributed by atoms with Crippen molar-refractivity contribution in [2.45, 2.75) is 19.4 Å². The van der Waals surface area contributed by atoms with E-state index < -0.39 is 0 Å². The van der Waals surface area contributed by atoms with Crippen LogP contribution in [0.2, 0.25) is 0 Å². The van der Waals surface area contributed by atoms with Gasteiger partial charge in [0, 0.05) is 29.7 Å². The average molecular weight is 358 g/mol. The summed E-state index contributed by atoms with van der Waals surface area (Å²) in [4.78, 5) is 7.82. The molecule has 0 amide bonds. The van der Waals surface area contributed by atoms with Crippen LogP contribution in [0.4, 0.5) is 11.8 Å². The van der Waals surface area contributed by atoms with Crippen molar-refractivity contribution in [2.24, 2.45) is 0 Å². The van der Waals surface area contributed by atoms with Gasteiger partial charge in [-0.25, -0.2) is 0 Å². The average Bonchev–Trinajstić information content (AvgIpc) is 3.12. The number of para-hydroxylation sites is 1. The van der Waals surface area contributed by atoms with E-state index in [0.717, 1.165) is 18.5 Å². The molecule has 3 N–H and O–H groups in total. The van der Waals surface area contributed by atoms with Gasteiger partial charge >= 0.3 is 0 Å². The van der Waals surface area contributed by atoms with Crippen LogP contribution in [0.15, 0.2) is 67.0 Å². The maximum atomic E-state index is 4.52. The Balaban J connectivity index is 1.36. The summed E-state index contributed by atoms with van der Waals surface area (Å²) in [5.41, 5.74) is 3.63. The number of hydrogen-bond donors (Lipinski definition) is 3. The van der Waals surface area contributed by atoms with E-state index in [2.05, 4.69) is 74.3 Å². The highest BCUT2D eigenvalue weighted by Gasteiger charge is 2.07. The molecule has 136 valence electrons. The summed E-state index contributed by atoms with van der Waals surface area (Å²) in [6, 6.07) is 18.7. The highest BCUT2D eigenvalue weighted by atomic mass is 15.3. The van der Waals surface area contributed by atoms with Crippen molar-refractivity contribution in [3.63, 3.8) is 0 Å². The monoisotopic (exact) mass is 358 g/mol. The van der Waals surface area contributed by atoms with Crippen molar-refractivity contribution in [3.05, 3.63) is 78.1 Å². The molecule has 0 aliphatic heterocycles. The Morgan fingerprint density at radius 3 is 2.74 bits per heavy atom. The third kappa shape index (κ3) is 4.06. The predicted molar refractivity (Wildman–Crippen MR) is 109 cm³/mol. The van der Waals surface area contributed by atoms with Crippen molar-refractivity contribution < 1.29 is 0 Å². The lowest BCUT2D eigenvalue weighted by molar-refractivity contribution is 0.855. The number of nitrogens with zero attached hydrogens (tertiary/aromatic N) is 3. The zero-order chi connectivity index (χ0) is 18.5.